The SMILES string of the molecule is CCn1nc(C)cc1CC(N)c1ccc(Cl)cc1. The van der Waals surface area contributed by atoms with Crippen LogP contribution in [0.15, 0.2) is 30.3 Å². The standard InChI is InChI=1S/C14H18ClN3/c1-3-18-13(8-10(2)17-18)9-14(16)11-4-6-12(15)7-5-11/h4-8,14H,3,9,16H2,1-2H3. The van der Waals surface area contributed by atoms with Gasteiger partial charge in [-0.25, -0.2) is 0 Å². The summed E-state index contributed by atoms with van der Waals surface area (Å²) in [5.74, 6) is 0. The molecule has 1 heterocycles. The van der Waals surface area contributed by atoms with Crippen LogP contribution in [0, 0.1) is 6.92 Å². The molecule has 0 spiro atoms. The van der Waals surface area contributed by atoms with Gasteiger partial charge in [0.05, 0.1) is 5.69 Å². The molecule has 1 atom stereocenters. The predicted octanol–water partition coefficient (Wildman–Crippen LogP) is 3.11. The topological polar surface area (TPSA) is 43.8 Å². The number of aromatic nitrogens is 2. The highest BCUT2D eigenvalue weighted by atomic mass is 35.5. The van der Waals surface area contributed by atoms with Gasteiger partial charge in [-0.1, -0.05) is 23.7 Å². The Morgan fingerprint density at radius 2 is 2.00 bits per heavy atom. The molecule has 0 bridgehead atoms. The van der Waals surface area contributed by atoms with E-state index >= 15 is 0 Å². The second kappa shape index (κ2) is 5.55. The molecule has 0 fully saturated rings. The van der Waals surface area contributed by atoms with Crippen LogP contribution in [0.5, 0.6) is 0 Å². The van der Waals surface area contributed by atoms with Crippen LogP contribution >= 0.6 is 11.6 Å². The van der Waals surface area contributed by atoms with E-state index in [4.69, 9.17) is 17.3 Å². The smallest absolute Gasteiger partial charge is 0.0596 e. The molecule has 0 saturated heterocycles. The molecule has 0 radical (unpaired) electrons. The van der Waals surface area contributed by atoms with Crippen molar-refractivity contribution in [3.05, 3.63) is 52.3 Å². The van der Waals surface area contributed by atoms with Crippen molar-refractivity contribution in [1.29, 1.82) is 0 Å². The third-order valence-electron chi connectivity index (χ3n) is 3.01. The van der Waals surface area contributed by atoms with Gasteiger partial charge in [-0.05, 0) is 37.6 Å². The highest BCUT2D eigenvalue weighted by Crippen LogP contribution is 2.19. The summed E-state index contributed by atoms with van der Waals surface area (Å²) < 4.78 is 2.01. The predicted molar refractivity (Wildman–Crippen MR) is 74.7 cm³/mol. The second-order valence-electron chi connectivity index (χ2n) is 4.45. The van der Waals surface area contributed by atoms with E-state index in [0.29, 0.717) is 0 Å². The maximum atomic E-state index is 6.23. The van der Waals surface area contributed by atoms with Gasteiger partial charge in [0.2, 0.25) is 0 Å². The summed E-state index contributed by atoms with van der Waals surface area (Å²) in [6.45, 7) is 4.96. The van der Waals surface area contributed by atoms with Crippen molar-refractivity contribution >= 4 is 11.6 Å². The third-order valence-corrected chi connectivity index (χ3v) is 3.26. The molecule has 2 N–H and O–H groups in total. The van der Waals surface area contributed by atoms with Crippen LogP contribution in [0.25, 0.3) is 0 Å². The number of nitrogens with zero attached hydrogens (tertiary/aromatic N) is 2. The molecule has 18 heavy (non-hydrogen) atoms. The van der Waals surface area contributed by atoms with Gasteiger partial charge in [0.1, 0.15) is 0 Å². The zero-order valence-corrected chi connectivity index (χ0v) is 11.5. The summed E-state index contributed by atoms with van der Waals surface area (Å²) in [5, 5.41) is 5.17. The average molecular weight is 264 g/mol. The molecule has 1 aromatic heterocycles. The van der Waals surface area contributed by atoms with Crippen LogP contribution in [0.1, 0.15) is 29.9 Å². The summed E-state index contributed by atoms with van der Waals surface area (Å²) in [7, 11) is 0. The molecule has 4 heteroatoms. The van der Waals surface area contributed by atoms with Crippen molar-refractivity contribution in [2.24, 2.45) is 5.73 Å². The average Bonchev–Trinajstić information content (AvgIpc) is 2.70. The van der Waals surface area contributed by atoms with Crippen LogP contribution in [0.2, 0.25) is 5.02 Å². The summed E-state index contributed by atoms with van der Waals surface area (Å²) in [6.07, 6.45) is 0.788. The van der Waals surface area contributed by atoms with Crippen molar-refractivity contribution in [3.63, 3.8) is 0 Å². The van der Waals surface area contributed by atoms with E-state index in [1.54, 1.807) is 0 Å². The number of rotatable bonds is 4. The van der Waals surface area contributed by atoms with E-state index in [-0.39, 0.29) is 6.04 Å². The van der Waals surface area contributed by atoms with Gasteiger partial charge in [-0.15, -0.1) is 0 Å². The first-order chi connectivity index (χ1) is 8.60. The first-order valence-corrected chi connectivity index (χ1v) is 6.52. The Morgan fingerprint density at radius 1 is 1.33 bits per heavy atom. The monoisotopic (exact) mass is 263 g/mol. The van der Waals surface area contributed by atoms with E-state index in [0.717, 1.165) is 29.2 Å². The Labute approximate surface area is 113 Å². The van der Waals surface area contributed by atoms with E-state index in [2.05, 4.69) is 18.1 Å². The number of benzene rings is 1. The van der Waals surface area contributed by atoms with Gasteiger partial charge in [0.15, 0.2) is 0 Å². The zero-order valence-electron chi connectivity index (χ0n) is 10.7. The molecule has 2 aromatic rings. The van der Waals surface area contributed by atoms with E-state index in [1.165, 1.54) is 5.69 Å². The maximum Gasteiger partial charge on any atom is 0.0596 e. The fourth-order valence-electron chi connectivity index (χ4n) is 2.09. The van der Waals surface area contributed by atoms with Gasteiger partial charge < -0.3 is 5.73 Å². The number of halogens is 1. The summed E-state index contributed by atoms with van der Waals surface area (Å²) >= 11 is 5.87. The minimum Gasteiger partial charge on any atom is -0.324 e. The van der Waals surface area contributed by atoms with Crippen molar-refractivity contribution in [2.45, 2.75) is 32.9 Å². The molecule has 0 amide bonds. The lowest BCUT2D eigenvalue weighted by Gasteiger charge is -2.13. The van der Waals surface area contributed by atoms with Gasteiger partial charge >= 0.3 is 0 Å². The molecule has 0 aliphatic rings. The Hall–Kier alpha value is -1.32. The van der Waals surface area contributed by atoms with E-state index in [9.17, 15) is 0 Å². The maximum absolute atomic E-state index is 6.23. The Bertz CT molecular complexity index is 516. The molecule has 0 aliphatic carbocycles. The largest absolute Gasteiger partial charge is 0.324 e. The van der Waals surface area contributed by atoms with Crippen molar-refractivity contribution in [3.8, 4) is 0 Å². The van der Waals surface area contributed by atoms with Crippen molar-refractivity contribution < 1.29 is 0 Å². The highest BCUT2D eigenvalue weighted by molar-refractivity contribution is 6.30. The van der Waals surface area contributed by atoms with Crippen LogP contribution < -0.4 is 5.73 Å². The first kappa shape index (κ1) is 13.1. The van der Waals surface area contributed by atoms with Crippen molar-refractivity contribution in [1.82, 2.24) is 9.78 Å². The quantitative estimate of drug-likeness (QED) is 0.921. The lowest BCUT2D eigenvalue weighted by molar-refractivity contribution is 0.587. The minimum atomic E-state index is -0.0244. The van der Waals surface area contributed by atoms with Crippen molar-refractivity contribution in [2.75, 3.05) is 0 Å². The molecule has 3 nitrogen and oxygen atoms in total. The van der Waals surface area contributed by atoms with Gasteiger partial charge in [0, 0.05) is 29.7 Å². The van der Waals surface area contributed by atoms with E-state index < -0.39 is 0 Å². The summed E-state index contributed by atoms with van der Waals surface area (Å²) in [6, 6.07) is 9.78. The summed E-state index contributed by atoms with van der Waals surface area (Å²) in [5.41, 5.74) is 9.54. The molecular weight excluding hydrogens is 246 g/mol. The molecule has 1 aromatic carbocycles. The van der Waals surface area contributed by atoms with Gasteiger partial charge in [-0.3, -0.25) is 4.68 Å². The first-order valence-electron chi connectivity index (χ1n) is 6.14. The third kappa shape index (κ3) is 2.92. The number of hydrogen-bond acceptors (Lipinski definition) is 2. The minimum absolute atomic E-state index is 0.0244. The molecule has 0 saturated carbocycles. The van der Waals surface area contributed by atoms with Crippen LogP contribution in [-0.4, -0.2) is 9.78 Å². The van der Waals surface area contributed by atoms with E-state index in [1.807, 2.05) is 35.9 Å². The Balaban J connectivity index is 2.15. The highest BCUT2D eigenvalue weighted by Gasteiger charge is 2.11. The lowest BCUT2D eigenvalue weighted by Crippen LogP contribution is -2.16. The fourth-order valence-corrected chi connectivity index (χ4v) is 2.22. The molecule has 2 rings (SSSR count). The van der Waals surface area contributed by atoms with Gasteiger partial charge in [0.25, 0.3) is 0 Å². The molecule has 1 unspecified atom stereocenters. The van der Waals surface area contributed by atoms with Crippen LogP contribution in [-0.2, 0) is 13.0 Å². The molecule has 0 aliphatic heterocycles. The summed E-state index contributed by atoms with van der Waals surface area (Å²) in [4.78, 5) is 0. The number of nitrogens with two attached hydrogens (primary N) is 1. The Morgan fingerprint density at radius 3 is 2.61 bits per heavy atom. The fraction of sp³-hybridized carbons (Fsp3) is 0.357. The second-order valence-corrected chi connectivity index (χ2v) is 4.89. The molecular formula is C14H18ClN3. The number of hydrogen-bond donors (Lipinski definition) is 1. The zero-order chi connectivity index (χ0) is 13.1. The van der Waals surface area contributed by atoms with Crippen LogP contribution in [0.3, 0.4) is 0 Å². The number of aryl methyl sites for hydroxylation is 2. The Kier molecular flexibility index (Phi) is 4.04. The lowest BCUT2D eigenvalue weighted by atomic mass is 10.0. The molecule has 96 valence electrons. The normalized spacial score (nSPS) is 12.7. The van der Waals surface area contributed by atoms with Crippen LogP contribution in [0.4, 0.5) is 0 Å². The van der Waals surface area contributed by atoms with Gasteiger partial charge in [-0.2, -0.15) is 5.10 Å².